The summed E-state index contributed by atoms with van der Waals surface area (Å²) in [5.41, 5.74) is 20.5. The number of aromatic nitrogens is 1. The average molecular weight is 809 g/mol. The van der Waals surface area contributed by atoms with Crippen LogP contribution in [0.1, 0.15) is 115 Å². The van der Waals surface area contributed by atoms with Crippen LogP contribution in [0.3, 0.4) is 0 Å². The van der Waals surface area contributed by atoms with Gasteiger partial charge < -0.3 is 9.88 Å². The number of hydrogen-bond donors (Lipinski definition) is 1. The Hall–Kier alpha value is -4.32. The topological polar surface area (TPSA) is 17.0 Å². The molecule has 0 unspecified atom stereocenters. The predicted molar refractivity (Wildman–Crippen MR) is 259 cm³/mol. The molecular weight excluding hydrogens is 752 g/mol. The van der Waals surface area contributed by atoms with Crippen molar-refractivity contribution in [3.05, 3.63) is 124 Å². The van der Waals surface area contributed by atoms with Crippen molar-refractivity contribution in [1.29, 1.82) is 0 Å². The number of anilines is 2. The molecule has 1 aromatic heterocycles. The molecule has 0 amide bonds. The Morgan fingerprint density at radius 3 is 1.90 bits per heavy atom. The van der Waals surface area contributed by atoms with Gasteiger partial charge in [-0.2, -0.15) is 0 Å². The minimum atomic E-state index is 0.0222. The second kappa shape index (κ2) is 13.1. The predicted octanol–water partition coefficient (Wildman–Crippen LogP) is 14.1. The van der Waals surface area contributed by atoms with Crippen LogP contribution in [0.25, 0.3) is 38.6 Å². The van der Waals surface area contributed by atoms with Gasteiger partial charge in [0.1, 0.15) is 0 Å². The third-order valence-electron chi connectivity index (χ3n) is 13.8. The molecule has 7 aromatic rings. The summed E-state index contributed by atoms with van der Waals surface area (Å²) < 4.78 is 2.61. The van der Waals surface area contributed by atoms with E-state index in [-0.39, 0.29) is 21.7 Å². The van der Waals surface area contributed by atoms with Crippen LogP contribution in [0.2, 0.25) is 0 Å². The van der Waals surface area contributed by atoms with Crippen molar-refractivity contribution >= 4 is 74.9 Å². The molecule has 2 nitrogen and oxygen atoms in total. The zero-order valence-corrected chi connectivity index (χ0v) is 38.7. The van der Waals surface area contributed by atoms with Crippen molar-refractivity contribution in [2.24, 2.45) is 0 Å². The van der Waals surface area contributed by atoms with Crippen molar-refractivity contribution in [3.8, 4) is 16.8 Å². The van der Waals surface area contributed by atoms with Crippen LogP contribution in [0.4, 0.5) is 11.4 Å². The highest BCUT2D eigenvalue weighted by Gasteiger charge is 2.38. The van der Waals surface area contributed by atoms with E-state index in [2.05, 4.69) is 184 Å². The van der Waals surface area contributed by atoms with Gasteiger partial charge in [0, 0.05) is 58.5 Å². The Balaban J connectivity index is 1.22. The minimum Gasteiger partial charge on any atom is -0.355 e. The molecule has 1 aliphatic carbocycles. The second-order valence-electron chi connectivity index (χ2n) is 21.2. The maximum atomic E-state index is 4.14. The van der Waals surface area contributed by atoms with Crippen LogP contribution in [0, 0.1) is 13.8 Å². The first-order valence-corrected chi connectivity index (χ1v) is 23.2. The van der Waals surface area contributed by atoms with Gasteiger partial charge in [0.25, 0.3) is 0 Å². The molecule has 0 atom stereocenters. The van der Waals surface area contributed by atoms with Crippen LogP contribution < -0.4 is 16.2 Å². The van der Waals surface area contributed by atoms with Gasteiger partial charge in [0.2, 0.25) is 0 Å². The number of aryl methyl sites for hydroxylation is 2. The first-order valence-electron chi connectivity index (χ1n) is 21.6. The molecule has 2 aliphatic heterocycles. The van der Waals surface area contributed by atoms with E-state index in [0.717, 1.165) is 7.28 Å². The van der Waals surface area contributed by atoms with Gasteiger partial charge in [0.05, 0.1) is 5.52 Å². The van der Waals surface area contributed by atoms with Crippen molar-refractivity contribution in [2.45, 2.75) is 137 Å². The summed E-state index contributed by atoms with van der Waals surface area (Å²) in [6.45, 7) is 28.4. The van der Waals surface area contributed by atoms with E-state index in [1.165, 1.54) is 127 Å². The van der Waals surface area contributed by atoms with Crippen molar-refractivity contribution in [3.63, 3.8) is 0 Å². The summed E-state index contributed by atoms with van der Waals surface area (Å²) in [4.78, 5) is 5.29. The highest BCUT2D eigenvalue weighted by Crippen LogP contribution is 2.53. The Morgan fingerprint density at radius 2 is 1.24 bits per heavy atom. The minimum absolute atomic E-state index is 0.0222. The molecule has 0 radical (unpaired) electrons. The highest BCUT2D eigenvalue weighted by molar-refractivity contribution is 8.05. The van der Waals surface area contributed by atoms with Crippen molar-refractivity contribution < 1.29 is 0 Å². The fourth-order valence-electron chi connectivity index (χ4n) is 10.0. The number of nitrogens with zero attached hydrogens (tertiary/aromatic N) is 1. The van der Waals surface area contributed by atoms with Crippen LogP contribution >= 0.6 is 23.5 Å². The fourth-order valence-corrected chi connectivity index (χ4v) is 12.3. The molecule has 59 heavy (non-hydrogen) atoms. The van der Waals surface area contributed by atoms with E-state index in [0.29, 0.717) is 0 Å². The second-order valence-corrected chi connectivity index (χ2v) is 23.4. The van der Waals surface area contributed by atoms with Crippen LogP contribution in [-0.4, -0.2) is 11.8 Å². The van der Waals surface area contributed by atoms with E-state index in [9.17, 15) is 0 Å². The average Bonchev–Trinajstić information content (AvgIpc) is 3.50. The first-order chi connectivity index (χ1) is 27.8. The lowest BCUT2D eigenvalue weighted by Crippen LogP contribution is -2.38. The Labute approximate surface area is 361 Å². The largest absolute Gasteiger partial charge is 0.355 e. The molecule has 0 saturated heterocycles. The number of nitrogens with one attached hydrogen (secondary N) is 1. The summed E-state index contributed by atoms with van der Waals surface area (Å²) in [6, 6.07) is 36.0. The molecule has 3 aliphatic rings. The molecule has 5 heteroatoms. The SMILES string of the molecule is Cc1cc(-c2cc3c(cc2Nc2cc4c(cc2C)C(C)(C)CCC4(C)C)Sc2ccccc2S3)c2c(c1)-n1c3ccc(C(C)(C)C)cc3c3cc(C(C)(C)C)cc(c31)B2. The molecule has 1 N–H and O–H groups in total. The summed E-state index contributed by atoms with van der Waals surface area (Å²) >= 11 is 3.81. The van der Waals surface area contributed by atoms with Gasteiger partial charge in [-0.15, -0.1) is 0 Å². The van der Waals surface area contributed by atoms with Crippen molar-refractivity contribution in [2.75, 3.05) is 5.32 Å². The zero-order chi connectivity index (χ0) is 41.6. The van der Waals surface area contributed by atoms with E-state index in [1.54, 1.807) is 0 Å². The van der Waals surface area contributed by atoms with Gasteiger partial charge in [-0.05, 0) is 147 Å². The lowest BCUT2D eigenvalue weighted by molar-refractivity contribution is 0.332. The molecule has 10 rings (SSSR count). The lowest BCUT2D eigenvalue weighted by atomic mass is 9.58. The fraction of sp³-hybridized carbons (Fsp3) is 0.333. The third-order valence-corrected chi connectivity index (χ3v) is 16.3. The lowest BCUT2D eigenvalue weighted by Gasteiger charge is -2.42. The third kappa shape index (κ3) is 6.32. The van der Waals surface area contributed by atoms with E-state index >= 15 is 0 Å². The molecule has 298 valence electrons. The normalized spacial score (nSPS) is 16.3. The van der Waals surface area contributed by atoms with Crippen LogP contribution in [0.15, 0.2) is 111 Å². The number of hydrogen-bond acceptors (Lipinski definition) is 3. The van der Waals surface area contributed by atoms with E-state index in [4.69, 9.17) is 0 Å². The molecule has 3 heterocycles. The number of fused-ring (bicyclic) bond motifs is 8. The highest BCUT2D eigenvalue weighted by atomic mass is 32.2. The molecule has 0 saturated carbocycles. The van der Waals surface area contributed by atoms with Crippen LogP contribution in [-0.2, 0) is 21.7 Å². The van der Waals surface area contributed by atoms with Gasteiger partial charge in [-0.1, -0.05) is 135 Å². The summed E-state index contributed by atoms with van der Waals surface area (Å²) in [6.07, 6.45) is 2.41. The summed E-state index contributed by atoms with van der Waals surface area (Å²) in [5, 5.41) is 6.87. The Kier molecular flexibility index (Phi) is 8.62. The molecule has 6 aromatic carbocycles. The van der Waals surface area contributed by atoms with Gasteiger partial charge in [-0.25, -0.2) is 0 Å². The Morgan fingerprint density at radius 1 is 0.610 bits per heavy atom. The first kappa shape index (κ1) is 38.9. The molecule has 0 spiro atoms. The molecule has 0 fully saturated rings. The number of rotatable bonds is 3. The van der Waals surface area contributed by atoms with Gasteiger partial charge in [-0.3, -0.25) is 0 Å². The zero-order valence-electron chi connectivity index (χ0n) is 37.0. The van der Waals surface area contributed by atoms with E-state index < -0.39 is 0 Å². The molecular formula is C54H57BN2S2. The van der Waals surface area contributed by atoms with Crippen molar-refractivity contribution in [1.82, 2.24) is 4.57 Å². The maximum absolute atomic E-state index is 4.14. The van der Waals surface area contributed by atoms with Gasteiger partial charge >= 0.3 is 0 Å². The maximum Gasteiger partial charge on any atom is 0.198 e. The summed E-state index contributed by atoms with van der Waals surface area (Å²) in [7, 11) is 0.885. The Bertz CT molecular complexity index is 2930. The summed E-state index contributed by atoms with van der Waals surface area (Å²) in [5.74, 6) is 0. The number of benzene rings is 6. The molecule has 0 bridgehead atoms. The smallest absolute Gasteiger partial charge is 0.198 e. The van der Waals surface area contributed by atoms with E-state index in [1.807, 2.05) is 23.5 Å². The standard InChI is InChI=1S/C54H57BN2S2/c1-30-21-36(49-44(22-30)57-43-18-17-32(51(3,4)5)24-35(43)37-25-33(52(6,7)8)26-40(55-49)50(37)57)34-27-47-48(59-46-16-14-13-15-45(46)58-47)29-42(34)56-41-28-39-38(23-31(41)2)53(9,10)19-20-54(39,11)12/h13-18,21-29,55-56H,19-20H2,1-12H3. The monoisotopic (exact) mass is 808 g/mol. The van der Waals surface area contributed by atoms with Crippen LogP contribution in [0.5, 0.6) is 0 Å². The van der Waals surface area contributed by atoms with Gasteiger partial charge in [0.15, 0.2) is 7.28 Å². The quantitative estimate of drug-likeness (QED) is 0.179.